The van der Waals surface area contributed by atoms with Crippen molar-refractivity contribution in [2.45, 2.75) is 19.2 Å². The summed E-state index contributed by atoms with van der Waals surface area (Å²) in [5.41, 5.74) is 3.35. The van der Waals surface area contributed by atoms with Crippen LogP contribution in [0.15, 0.2) is 72.8 Å². The van der Waals surface area contributed by atoms with E-state index in [1.807, 2.05) is 6.07 Å². The van der Waals surface area contributed by atoms with Crippen molar-refractivity contribution in [3.8, 4) is 0 Å². The number of β-amino-alcohol motifs (C(OH)–C–C–N with tert-alkyl or cyclic N) is 1. The molecule has 1 aliphatic heterocycles. The number of nitrogens with zero attached hydrogens (tertiary/aromatic N) is 3. The molecule has 1 saturated heterocycles. The van der Waals surface area contributed by atoms with Gasteiger partial charge in [-0.05, 0) is 29.8 Å². The molecule has 5 heteroatoms. The summed E-state index contributed by atoms with van der Waals surface area (Å²) >= 11 is 0. The topological polar surface area (TPSA) is 31.6 Å². The van der Waals surface area contributed by atoms with Crippen molar-refractivity contribution >= 4 is 21.8 Å². The molecule has 1 aliphatic rings. The zero-order chi connectivity index (χ0) is 21.2. The average Bonchev–Trinajstić information content (AvgIpc) is 3.09. The minimum Gasteiger partial charge on any atom is -0.390 e. The number of halogens is 1. The van der Waals surface area contributed by atoms with E-state index in [9.17, 15) is 9.50 Å². The van der Waals surface area contributed by atoms with Crippen molar-refractivity contribution in [3.05, 3.63) is 84.2 Å². The molecule has 2 heterocycles. The fourth-order valence-corrected chi connectivity index (χ4v) is 4.79. The summed E-state index contributed by atoms with van der Waals surface area (Å²) in [6.07, 6.45) is -0.436. The van der Waals surface area contributed by atoms with Crippen molar-refractivity contribution in [2.75, 3.05) is 32.7 Å². The SMILES string of the molecule is OC(CN1CCN(Cc2cccc(F)c2)CC1)Cn1c2ccccc2c2ccccc21. The first-order chi connectivity index (χ1) is 15.2. The molecule has 0 bridgehead atoms. The molecule has 31 heavy (non-hydrogen) atoms. The summed E-state index contributed by atoms with van der Waals surface area (Å²) in [5, 5.41) is 13.4. The quantitative estimate of drug-likeness (QED) is 0.512. The molecule has 0 amide bonds. The Morgan fingerprint density at radius 2 is 1.35 bits per heavy atom. The number of hydrogen-bond acceptors (Lipinski definition) is 3. The van der Waals surface area contributed by atoms with Crippen LogP contribution in [-0.2, 0) is 13.1 Å². The highest BCUT2D eigenvalue weighted by Gasteiger charge is 2.20. The van der Waals surface area contributed by atoms with Gasteiger partial charge in [0, 0.05) is 61.1 Å². The predicted octanol–water partition coefficient (Wildman–Crippen LogP) is 4.11. The highest BCUT2D eigenvalue weighted by atomic mass is 19.1. The van der Waals surface area contributed by atoms with Crippen LogP contribution in [0, 0.1) is 5.82 Å². The van der Waals surface area contributed by atoms with Gasteiger partial charge in [-0.2, -0.15) is 0 Å². The molecule has 160 valence electrons. The fourth-order valence-electron chi connectivity index (χ4n) is 4.79. The largest absolute Gasteiger partial charge is 0.390 e. The number of rotatable bonds is 6. The van der Waals surface area contributed by atoms with E-state index >= 15 is 0 Å². The van der Waals surface area contributed by atoms with Crippen LogP contribution in [0.1, 0.15) is 5.56 Å². The van der Waals surface area contributed by atoms with Gasteiger partial charge in [-0.3, -0.25) is 9.80 Å². The Bertz CT molecular complexity index is 1130. The third-order valence-electron chi connectivity index (χ3n) is 6.30. The molecule has 0 radical (unpaired) electrons. The van der Waals surface area contributed by atoms with E-state index in [0.29, 0.717) is 13.1 Å². The van der Waals surface area contributed by atoms with Crippen LogP contribution < -0.4 is 0 Å². The molecule has 1 aromatic heterocycles. The van der Waals surface area contributed by atoms with Crippen molar-refractivity contribution in [1.82, 2.24) is 14.4 Å². The smallest absolute Gasteiger partial charge is 0.123 e. The molecular formula is C26H28FN3O. The molecule has 1 unspecified atom stereocenters. The highest BCUT2D eigenvalue weighted by Crippen LogP contribution is 2.29. The fraction of sp³-hybridized carbons (Fsp3) is 0.308. The molecule has 0 spiro atoms. The number of aliphatic hydroxyl groups is 1. The lowest BCUT2D eigenvalue weighted by Crippen LogP contribution is -2.48. The second-order valence-electron chi connectivity index (χ2n) is 8.51. The molecule has 4 aromatic rings. The van der Waals surface area contributed by atoms with Gasteiger partial charge in [0.15, 0.2) is 0 Å². The Kier molecular flexibility index (Phi) is 5.72. The molecule has 3 aromatic carbocycles. The molecule has 4 nitrogen and oxygen atoms in total. The number of aromatic nitrogens is 1. The maximum atomic E-state index is 13.4. The molecule has 0 saturated carbocycles. The van der Waals surface area contributed by atoms with Gasteiger partial charge < -0.3 is 9.67 Å². The molecule has 1 atom stereocenters. The second-order valence-corrected chi connectivity index (χ2v) is 8.51. The predicted molar refractivity (Wildman–Crippen MR) is 124 cm³/mol. The first kappa shape index (κ1) is 20.2. The number of aliphatic hydroxyl groups excluding tert-OH is 1. The number of benzene rings is 3. The standard InChI is InChI=1S/C26H28FN3O/c27-21-7-5-6-20(16-21)17-28-12-14-29(15-13-28)18-22(31)19-30-25-10-3-1-8-23(25)24-9-2-4-11-26(24)30/h1-11,16,22,31H,12-15,17-19H2. The summed E-state index contributed by atoms with van der Waals surface area (Å²) < 4.78 is 15.7. The lowest BCUT2D eigenvalue weighted by Gasteiger charge is -2.35. The van der Waals surface area contributed by atoms with E-state index in [-0.39, 0.29) is 5.82 Å². The number of hydrogen-bond donors (Lipinski definition) is 1. The summed E-state index contributed by atoms with van der Waals surface area (Å²) in [4.78, 5) is 4.69. The first-order valence-electron chi connectivity index (χ1n) is 11.0. The number of fused-ring (bicyclic) bond motifs is 3. The van der Waals surface area contributed by atoms with Gasteiger partial charge in [-0.1, -0.05) is 48.5 Å². The van der Waals surface area contributed by atoms with Crippen LogP contribution >= 0.6 is 0 Å². The maximum absolute atomic E-state index is 13.4. The normalized spacial score (nSPS) is 16.8. The lowest BCUT2D eigenvalue weighted by molar-refractivity contribution is 0.0633. The van der Waals surface area contributed by atoms with Crippen LogP contribution in [0.3, 0.4) is 0 Å². The lowest BCUT2D eigenvalue weighted by atomic mass is 10.2. The van der Waals surface area contributed by atoms with E-state index in [2.05, 4.69) is 62.9 Å². The van der Waals surface area contributed by atoms with Gasteiger partial charge in [0.25, 0.3) is 0 Å². The van der Waals surface area contributed by atoms with E-state index in [1.54, 1.807) is 12.1 Å². The van der Waals surface area contributed by atoms with Gasteiger partial charge in [0.1, 0.15) is 5.82 Å². The van der Waals surface area contributed by atoms with Gasteiger partial charge >= 0.3 is 0 Å². The average molecular weight is 418 g/mol. The molecular weight excluding hydrogens is 389 g/mol. The van der Waals surface area contributed by atoms with Crippen molar-refractivity contribution in [1.29, 1.82) is 0 Å². The van der Waals surface area contributed by atoms with Crippen molar-refractivity contribution < 1.29 is 9.50 Å². The van der Waals surface area contributed by atoms with Crippen LogP contribution in [0.25, 0.3) is 21.8 Å². The first-order valence-corrected chi connectivity index (χ1v) is 11.0. The molecule has 0 aliphatic carbocycles. The van der Waals surface area contributed by atoms with Gasteiger partial charge in [-0.25, -0.2) is 4.39 Å². The molecule has 5 rings (SSSR count). The van der Waals surface area contributed by atoms with Gasteiger partial charge in [0.2, 0.25) is 0 Å². The summed E-state index contributed by atoms with van der Waals surface area (Å²) in [7, 11) is 0. The van der Waals surface area contributed by atoms with Crippen molar-refractivity contribution in [3.63, 3.8) is 0 Å². The van der Waals surface area contributed by atoms with E-state index in [1.165, 1.54) is 27.9 Å². The molecule has 1 fully saturated rings. The number of piperazine rings is 1. The van der Waals surface area contributed by atoms with Gasteiger partial charge in [0.05, 0.1) is 12.6 Å². The minimum atomic E-state index is -0.436. The Morgan fingerprint density at radius 1 is 0.742 bits per heavy atom. The Balaban J connectivity index is 1.21. The Morgan fingerprint density at radius 3 is 2.00 bits per heavy atom. The monoisotopic (exact) mass is 417 g/mol. The third kappa shape index (κ3) is 4.35. The van der Waals surface area contributed by atoms with Crippen LogP contribution in [0.5, 0.6) is 0 Å². The maximum Gasteiger partial charge on any atom is 0.123 e. The summed E-state index contributed by atoms with van der Waals surface area (Å²) in [6.45, 7) is 5.71. The molecule has 1 N–H and O–H groups in total. The van der Waals surface area contributed by atoms with E-state index in [0.717, 1.165) is 38.3 Å². The second kappa shape index (κ2) is 8.79. The zero-order valence-electron chi connectivity index (χ0n) is 17.6. The Labute approximate surface area is 182 Å². The van der Waals surface area contributed by atoms with Crippen LogP contribution in [0.4, 0.5) is 4.39 Å². The summed E-state index contributed by atoms with van der Waals surface area (Å²) in [6, 6.07) is 23.7. The van der Waals surface area contributed by atoms with Crippen molar-refractivity contribution in [2.24, 2.45) is 0 Å². The zero-order valence-corrected chi connectivity index (χ0v) is 17.6. The minimum absolute atomic E-state index is 0.177. The van der Waals surface area contributed by atoms with E-state index in [4.69, 9.17) is 0 Å². The van der Waals surface area contributed by atoms with Gasteiger partial charge in [-0.15, -0.1) is 0 Å². The van der Waals surface area contributed by atoms with Crippen LogP contribution in [0.2, 0.25) is 0 Å². The highest BCUT2D eigenvalue weighted by molar-refractivity contribution is 6.07. The van der Waals surface area contributed by atoms with Crippen LogP contribution in [-0.4, -0.2) is 58.3 Å². The van der Waals surface area contributed by atoms with E-state index < -0.39 is 6.10 Å². The summed E-state index contributed by atoms with van der Waals surface area (Å²) in [5.74, 6) is -0.177. The number of para-hydroxylation sites is 2. The Hall–Kier alpha value is -2.73. The third-order valence-corrected chi connectivity index (χ3v) is 6.30.